The minimum atomic E-state index is 0.174. The summed E-state index contributed by atoms with van der Waals surface area (Å²) in [5, 5.41) is 9.29. The summed E-state index contributed by atoms with van der Waals surface area (Å²) in [5.41, 5.74) is 1.60. The van der Waals surface area contributed by atoms with Gasteiger partial charge in [-0.25, -0.2) is 9.97 Å². The number of fused-ring (bicyclic) bond motifs is 1. The standard InChI is InChI=1S/C9H10ClN3O/c10-7-4-8-9(11-5-7)13(6-12-8)2-1-3-14/h4-6,14H,1-3H2. The fourth-order valence-electron chi connectivity index (χ4n) is 1.33. The number of hydrogen-bond acceptors (Lipinski definition) is 3. The van der Waals surface area contributed by atoms with Crippen LogP contribution in [0.5, 0.6) is 0 Å². The summed E-state index contributed by atoms with van der Waals surface area (Å²) in [5.74, 6) is 0. The molecule has 2 heterocycles. The Hall–Kier alpha value is -1.13. The lowest BCUT2D eigenvalue weighted by Gasteiger charge is -2.00. The van der Waals surface area contributed by atoms with Crippen molar-refractivity contribution in [3.05, 3.63) is 23.6 Å². The topological polar surface area (TPSA) is 50.9 Å². The van der Waals surface area contributed by atoms with Crippen LogP contribution < -0.4 is 0 Å². The number of aliphatic hydroxyl groups excluding tert-OH is 1. The molecule has 14 heavy (non-hydrogen) atoms. The van der Waals surface area contributed by atoms with Gasteiger partial charge in [0.05, 0.1) is 11.3 Å². The van der Waals surface area contributed by atoms with Gasteiger partial charge in [0, 0.05) is 19.3 Å². The molecule has 0 aromatic carbocycles. The third-order valence-electron chi connectivity index (χ3n) is 1.98. The van der Waals surface area contributed by atoms with E-state index in [9.17, 15) is 0 Å². The van der Waals surface area contributed by atoms with Gasteiger partial charge in [0.25, 0.3) is 0 Å². The molecule has 4 nitrogen and oxygen atoms in total. The zero-order valence-electron chi connectivity index (χ0n) is 7.52. The van der Waals surface area contributed by atoms with Crippen molar-refractivity contribution in [1.29, 1.82) is 0 Å². The van der Waals surface area contributed by atoms with Crippen molar-refractivity contribution in [3.63, 3.8) is 0 Å². The van der Waals surface area contributed by atoms with E-state index < -0.39 is 0 Å². The summed E-state index contributed by atoms with van der Waals surface area (Å²) in [4.78, 5) is 8.35. The summed E-state index contributed by atoms with van der Waals surface area (Å²) in [6.45, 7) is 0.898. The molecule has 0 aliphatic rings. The second kappa shape index (κ2) is 3.94. The van der Waals surface area contributed by atoms with Crippen molar-refractivity contribution in [3.8, 4) is 0 Å². The predicted molar refractivity (Wildman–Crippen MR) is 54.2 cm³/mol. The van der Waals surface area contributed by atoms with Gasteiger partial charge in [-0.05, 0) is 12.5 Å². The van der Waals surface area contributed by atoms with Crippen LogP contribution in [0.15, 0.2) is 18.6 Å². The highest BCUT2D eigenvalue weighted by atomic mass is 35.5. The van der Waals surface area contributed by atoms with Gasteiger partial charge in [0.1, 0.15) is 5.52 Å². The SMILES string of the molecule is OCCCn1cnc2cc(Cl)cnc21. The smallest absolute Gasteiger partial charge is 0.159 e. The fraction of sp³-hybridized carbons (Fsp3) is 0.333. The molecule has 2 rings (SSSR count). The molecule has 1 N–H and O–H groups in total. The monoisotopic (exact) mass is 211 g/mol. The maximum atomic E-state index is 8.71. The summed E-state index contributed by atoms with van der Waals surface area (Å²) in [7, 11) is 0. The van der Waals surface area contributed by atoms with Crippen LogP contribution in [-0.2, 0) is 6.54 Å². The van der Waals surface area contributed by atoms with E-state index in [1.165, 1.54) is 0 Å². The van der Waals surface area contributed by atoms with E-state index in [1.54, 1.807) is 18.6 Å². The Balaban J connectivity index is 2.37. The minimum absolute atomic E-state index is 0.174. The van der Waals surface area contributed by atoms with E-state index in [0.29, 0.717) is 11.4 Å². The maximum Gasteiger partial charge on any atom is 0.159 e. The Morgan fingerprint density at radius 3 is 3.07 bits per heavy atom. The highest BCUT2D eigenvalue weighted by Gasteiger charge is 2.03. The van der Waals surface area contributed by atoms with Gasteiger partial charge < -0.3 is 9.67 Å². The van der Waals surface area contributed by atoms with Gasteiger partial charge >= 0.3 is 0 Å². The Kier molecular flexibility index (Phi) is 2.65. The molecule has 5 heteroatoms. The molecule has 2 aromatic heterocycles. The second-order valence-electron chi connectivity index (χ2n) is 3.01. The molecule has 0 amide bonds. The fourth-order valence-corrected chi connectivity index (χ4v) is 1.48. The molecule has 0 spiro atoms. The summed E-state index contributed by atoms with van der Waals surface area (Å²) in [6.07, 6.45) is 4.01. The van der Waals surface area contributed by atoms with Gasteiger partial charge in [-0.3, -0.25) is 0 Å². The van der Waals surface area contributed by atoms with E-state index >= 15 is 0 Å². The zero-order valence-corrected chi connectivity index (χ0v) is 8.28. The van der Waals surface area contributed by atoms with Crippen molar-refractivity contribution in [2.24, 2.45) is 0 Å². The number of rotatable bonds is 3. The molecule has 0 saturated carbocycles. The largest absolute Gasteiger partial charge is 0.396 e. The van der Waals surface area contributed by atoms with E-state index in [2.05, 4.69) is 9.97 Å². The lowest BCUT2D eigenvalue weighted by molar-refractivity contribution is 0.280. The first-order chi connectivity index (χ1) is 6.81. The summed E-state index contributed by atoms with van der Waals surface area (Å²) < 4.78 is 1.90. The van der Waals surface area contributed by atoms with Crippen LogP contribution >= 0.6 is 11.6 Å². The molecule has 0 saturated heterocycles. The molecule has 0 aliphatic carbocycles. The van der Waals surface area contributed by atoms with E-state index in [1.807, 2.05) is 4.57 Å². The van der Waals surface area contributed by atoms with Crippen molar-refractivity contribution < 1.29 is 5.11 Å². The predicted octanol–water partition coefficient (Wildman–Crippen LogP) is 1.47. The first-order valence-electron chi connectivity index (χ1n) is 4.38. The quantitative estimate of drug-likeness (QED) is 0.837. The normalized spacial score (nSPS) is 11.0. The zero-order chi connectivity index (χ0) is 9.97. The van der Waals surface area contributed by atoms with Gasteiger partial charge in [-0.1, -0.05) is 11.6 Å². The number of aliphatic hydroxyl groups is 1. The van der Waals surface area contributed by atoms with Crippen LogP contribution in [0.2, 0.25) is 5.02 Å². The first kappa shape index (κ1) is 9.43. The van der Waals surface area contributed by atoms with Crippen molar-refractivity contribution >= 4 is 22.8 Å². The minimum Gasteiger partial charge on any atom is -0.396 e. The van der Waals surface area contributed by atoms with Crippen molar-refractivity contribution in [2.45, 2.75) is 13.0 Å². The average molecular weight is 212 g/mol. The van der Waals surface area contributed by atoms with Gasteiger partial charge in [0.15, 0.2) is 5.65 Å². The van der Waals surface area contributed by atoms with Crippen LogP contribution in [0.1, 0.15) is 6.42 Å². The third-order valence-corrected chi connectivity index (χ3v) is 2.19. The van der Waals surface area contributed by atoms with Crippen LogP contribution in [0, 0.1) is 0 Å². The lowest BCUT2D eigenvalue weighted by atomic mass is 10.4. The maximum absolute atomic E-state index is 8.71. The Bertz CT molecular complexity index is 441. The molecule has 0 radical (unpaired) electrons. The number of hydrogen-bond donors (Lipinski definition) is 1. The first-order valence-corrected chi connectivity index (χ1v) is 4.76. The Morgan fingerprint density at radius 1 is 1.43 bits per heavy atom. The number of imidazole rings is 1. The van der Waals surface area contributed by atoms with Crippen molar-refractivity contribution in [1.82, 2.24) is 14.5 Å². The second-order valence-corrected chi connectivity index (χ2v) is 3.45. The van der Waals surface area contributed by atoms with E-state index in [0.717, 1.165) is 17.7 Å². The molecular weight excluding hydrogens is 202 g/mol. The van der Waals surface area contributed by atoms with Gasteiger partial charge in [-0.2, -0.15) is 0 Å². The summed E-state index contributed by atoms with van der Waals surface area (Å²) >= 11 is 5.78. The van der Waals surface area contributed by atoms with Gasteiger partial charge in [-0.15, -0.1) is 0 Å². The van der Waals surface area contributed by atoms with E-state index in [-0.39, 0.29) is 6.61 Å². The molecule has 0 fully saturated rings. The number of halogens is 1. The van der Waals surface area contributed by atoms with Crippen LogP contribution in [0.25, 0.3) is 11.2 Å². The van der Waals surface area contributed by atoms with E-state index in [4.69, 9.17) is 16.7 Å². The number of aryl methyl sites for hydroxylation is 1. The number of pyridine rings is 1. The molecule has 0 atom stereocenters. The third kappa shape index (κ3) is 1.71. The lowest BCUT2D eigenvalue weighted by Crippen LogP contribution is -1.99. The highest BCUT2D eigenvalue weighted by molar-refractivity contribution is 6.30. The Morgan fingerprint density at radius 2 is 2.29 bits per heavy atom. The Labute approximate surface area is 86.2 Å². The summed E-state index contributed by atoms with van der Waals surface area (Å²) in [6, 6.07) is 1.78. The average Bonchev–Trinajstić information content (AvgIpc) is 2.57. The molecule has 74 valence electrons. The number of aromatic nitrogens is 3. The van der Waals surface area contributed by atoms with Crippen LogP contribution in [0.4, 0.5) is 0 Å². The molecule has 0 aliphatic heterocycles. The van der Waals surface area contributed by atoms with Gasteiger partial charge in [0.2, 0.25) is 0 Å². The van der Waals surface area contributed by atoms with Crippen LogP contribution in [0.3, 0.4) is 0 Å². The highest BCUT2D eigenvalue weighted by Crippen LogP contribution is 2.15. The number of nitrogens with zero attached hydrogens (tertiary/aromatic N) is 3. The molecule has 2 aromatic rings. The molecule has 0 bridgehead atoms. The van der Waals surface area contributed by atoms with Crippen molar-refractivity contribution in [2.75, 3.05) is 6.61 Å². The van der Waals surface area contributed by atoms with Crippen LogP contribution in [-0.4, -0.2) is 26.2 Å². The molecule has 0 unspecified atom stereocenters. The molecular formula is C9H10ClN3O.